The summed E-state index contributed by atoms with van der Waals surface area (Å²) < 4.78 is 0. The van der Waals surface area contributed by atoms with Gasteiger partial charge in [0.1, 0.15) is 5.78 Å². The Labute approximate surface area is 68.1 Å². The molecule has 0 bridgehead atoms. The van der Waals surface area contributed by atoms with E-state index < -0.39 is 0 Å². The highest BCUT2D eigenvalue weighted by molar-refractivity contribution is 5.81. The van der Waals surface area contributed by atoms with Gasteiger partial charge in [-0.15, -0.1) is 0 Å². The molecule has 0 rings (SSSR count). The fourth-order valence-corrected chi connectivity index (χ4v) is 0.597. The first kappa shape index (κ1) is 9.89. The molecule has 0 aromatic rings. The molecule has 0 fully saturated rings. The lowest BCUT2D eigenvalue weighted by molar-refractivity contribution is -0.119. The van der Waals surface area contributed by atoms with Crippen molar-refractivity contribution in [2.45, 2.75) is 13.8 Å². The predicted octanol–water partition coefficient (Wildman–Crippen LogP) is 2.51. The van der Waals surface area contributed by atoms with Crippen LogP contribution in [0.25, 0.3) is 0 Å². The highest BCUT2D eigenvalue weighted by Crippen LogP contribution is 2.10. The number of allylic oxidation sites excluding steroid dienone is 4. The molecule has 11 heavy (non-hydrogen) atoms. The Morgan fingerprint density at radius 1 is 1.55 bits per heavy atom. The van der Waals surface area contributed by atoms with E-state index in [0.29, 0.717) is 0 Å². The lowest BCUT2D eigenvalue weighted by Gasteiger charge is -2.05. The summed E-state index contributed by atoms with van der Waals surface area (Å²) in [5, 5.41) is 0. The van der Waals surface area contributed by atoms with E-state index in [1.165, 1.54) is 0 Å². The fourth-order valence-electron chi connectivity index (χ4n) is 0.597. The van der Waals surface area contributed by atoms with Crippen molar-refractivity contribution in [3.8, 4) is 0 Å². The summed E-state index contributed by atoms with van der Waals surface area (Å²) in [6.45, 7) is 10.7. The second-order valence-corrected chi connectivity index (χ2v) is 2.50. The monoisotopic (exact) mass is 150 g/mol. The van der Waals surface area contributed by atoms with Crippen LogP contribution in [0.3, 0.4) is 0 Å². The molecule has 0 saturated heterocycles. The van der Waals surface area contributed by atoms with Crippen LogP contribution < -0.4 is 0 Å². The zero-order valence-corrected chi connectivity index (χ0v) is 7.13. The molecular formula is C10H14O. The van der Waals surface area contributed by atoms with Crippen LogP contribution in [0, 0.1) is 5.92 Å². The van der Waals surface area contributed by atoms with Crippen molar-refractivity contribution >= 4 is 5.78 Å². The van der Waals surface area contributed by atoms with E-state index >= 15 is 0 Å². The molecule has 1 unspecified atom stereocenters. The van der Waals surface area contributed by atoms with E-state index in [1.807, 2.05) is 6.92 Å². The van der Waals surface area contributed by atoms with E-state index in [9.17, 15) is 4.79 Å². The Morgan fingerprint density at radius 2 is 2.09 bits per heavy atom. The first-order valence-electron chi connectivity index (χ1n) is 3.58. The number of carbonyl (C=O) groups is 1. The third kappa shape index (κ3) is 3.56. The Balaban J connectivity index is 4.14. The number of ketones is 1. The number of hydrogen-bond acceptors (Lipinski definition) is 1. The van der Waals surface area contributed by atoms with Crippen molar-refractivity contribution in [1.82, 2.24) is 0 Å². The maximum absolute atomic E-state index is 10.8. The number of hydrogen-bond donors (Lipinski definition) is 0. The van der Waals surface area contributed by atoms with Gasteiger partial charge in [0.2, 0.25) is 0 Å². The number of Topliss-reactive ketones (excluding diaryl/α,β-unsaturated/α-hetero) is 1. The van der Waals surface area contributed by atoms with Crippen molar-refractivity contribution < 1.29 is 4.79 Å². The van der Waals surface area contributed by atoms with Crippen LogP contribution in [0.1, 0.15) is 13.8 Å². The average molecular weight is 150 g/mol. The molecule has 0 aromatic carbocycles. The Morgan fingerprint density at radius 3 is 2.45 bits per heavy atom. The minimum atomic E-state index is -0.0776. The minimum absolute atomic E-state index is 0.0776. The normalized spacial score (nSPS) is 12.9. The van der Waals surface area contributed by atoms with Crippen LogP contribution in [0.5, 0.6) is 0 Å². The Hall–Kier alpha value is -1.11. The van der Waals surface area contributed by atoms with Crippen LogP contribution >= 0.6 is 0 Å². The fraction of sp³-hybridized carbons (Fsp3) is 0.300. The summed E-state index contributed by atoms with van der Waals surface area (Å²) in [6, 6.07) is 0. The largest absolute Gasteiger partial charge is 0.299 e. The second kappa shape index (κ2) is 4.67. The second-order valence-electron chi connectivity index (χ2n) is 2.50. The maximum atomic E-state index is 10.8. The van der Waals surface area contributed by atoms with Gasteiger partial charge in [-0.3, -0.25) is 4.79 Å². The Bertz CT molecular complexity index is 199. The van der Waals surface area contributed by atoms with Crippen LogP contribution in [0.2, 0.25) is 0 Å². The molecule has 1 atom stereocenters. The van der Waals surface area contributed by atoms with Crippen molar-refractivity contribution in [3.63, 3.8) is 0 Å². The molecule has 0 aromatic heterocycles. The van der Waals surface area contributed by atoms with Crippen LogP contribution in [-0.2, 0) is 4.79 Å². The molecule has 0 aliphatic carbocycles. The van der Waals surface area contributed by atoms with Crippen molar-refractivity contribution in [2.24, 2.45) is 5.92 Å². The SMILES string of the molecule is C=C/C=C\C(=C)C(C)C(C)=O. The summed E-state index contributed by atoms with van der Waals surface area (Å²) in [5.41, 5.74) is 0.831. The van der Waals surface area contributed by atoms with Gasteiger partial charge in [-0.25, -0.2) is 0 Å². The molecule has 0 radical (unpaired) electrons. The standard InChI is InChI=1S/C10H14O/c1-5-6-7-8(2)9(3)10(4)11/h5-7,9H,1-2H2,3-4H3/b7-6-. The van der Waals surface area contributed by atoms with Gasteiger partial charge >= 0.3 is 0 Å². The van der Waals surface area contributed by atoms with E-state index in [0.717, 1.165) is 5.57 Å². The number of carbonyl (C=O) groups excluding carboxylic acids is 1. The van der Waals surface area contributed by atoms with Gasteiger partial charge in [-0.05, 0) is 12.5 Å². The van der Waals surface area contributed by atoms with Gasteiger partial charge in [-0.2, -0.15) is 0 Å². The smallest absolute Gasteiger partial charge is 0.136 e. The summed E-state index contributed by atoms with van der Waals surface area (Å²) in [7, 11) is 0. The lowest BCUT2D eigenvalue weighted by atomic mass is 9.99. The predicted molar refractivity (Wildman–Crippen MR) is 48.3 cm³/mol. The molecular weight excluding hydrogens is 136 g/mol. The third-order valence-corrected chi connectivity index (χ3v) is 1.61. The zero-order chi connectivity index (χ0) is 8.85. The first-order chi connectivity index (χ1) is 5.09. The van der Waals surface area contributed by atoms with E-state index in [2.05, 4.69) is 13.2 Å². The first-order valence-corrected chi connectivity index (χ1v) is 3.58. The van der Waals surface area contributed by atoms with Crippen LogP contribution in [0.15, 0.2) is 37.0 Å². The quantitative estimate of drug-likeness (QED) is 0.563. The molecule has 60 valence electrons. The van der Waals surface area contributed by atoms with E-state index in [1.54, 1.807) is 25.2 Å². The molecule has 0 spiro atoms. The molecule has 1 nitrogen and oxygen atoms in total. The topological polar surface area (TPSA) is 17.1 Å². The maximum Gasteiger partial charge on any atom is 0.136 e. The number of rotatable bonds is 4. The van der Waals surface area contributed by atoms with Crippen molar-refractivity contribution in [2.75, 3.05) is 0 Å². The molecule has 0 aliphatic rings. The van der Waals surface area contributed by atoms with Crippen molar-refractivity contribution in [1.29, 1.82) is 0 Å². The highest BCUT2D eigenvalue weighted by atomic mass is 16.1. The third-order valence-electron chi connectivity index (χ3n) is 1.61. The van der Waals surface area contributed by atoms with Gasteiger partial charge in [0, 0.05) is 5.92 Å². The van der Waals surface area contributed by atoms with Crippen molar-refractivity contribution in [3.05, 3.63) is 37.0 Å². The molecule has 0 aliphatic heterocycles. The lowest BCUT2D eigenvalue weighted by Crippen LogP contribution is -2.06. The molecule has 0 heterocycles. The summed E-state index contributed by atoms with van der Waals surface area (Å²) >= 11 is 0. The summed E-state index contributed by atoms with van der Waals surface area (Å²) in [4.78, 5) is 10.8. The van der Waals surface area contributed by atoms with Gasteiger partial charge in [-0.1, -0.05) is 38.3 Å². The van der Waals surface area contributed by atoms with Crippen LogP contribution in [0.4, 0.5) is 0 Å². The molecule has 0 amide bonds. The molecule has 0 saturated carbocycles. The van der Waals surface area contributed by atoms with Gasteiger partial charge in [0.05, 0.1) is 0 Å². The minimum Gasteiger partial charge on any atom is -0.299 e. The molecule has 1 heteroatoms. The molecule has 0 N–H and O–H groups in total. The van der Waals surface area contributed by atoms with Gasteiger partial charge in [0.25, 0.3) is 0 Å². The summed E-state index contributed by atoms with van der Waals surface area (Å²) in [5.74, 6) is 0.0647. The Kier molecular flexibility index (Phi) is 4.20. The van der Waals surface area contributed by atoms with E-state index in [4.69, 9.17) is 0 Å². The highest BCUT2D eigenvalue weighted by Gasteiger charge is 2.07. The van der Waals surface area contributed by atoms with E-state index in [-0.39, 0.29) is 11.7 Å². The average Bonchev–Trinajstić information content (AvgIpc) is 1.98. The van der Waals surface area contributed by atoms with Gasteiger partial charge < -0.3 is 0 Å². The zero-order valence-electron chi connectivity index (χ0n) is 7.13. The summed E-state index contributed by atoms with van der Waals surface area (Å²) in [6.07, 6.45) is 5.25. The van der Waals surface area contributed by atoms with Gasteiger partial charge in [0.15, 0.2) is 0 Å². The van der Waals surface area contributed by atoms with Crippen LogP contribution in [-0.4, -0.2) is 5.78 Å².